The second kappa shape index (κ2) is 7.95. The molecule has 0 saturated carbocycles. The fraction of sp³-hybridized carbons (Fsp3) is 0.588. The zero-order valence-corrected chi connectivity index (χ0v) is 14.0. The van der Waals surface area contributed by atoms with Gasteiger partial charge < -0.3 is 10.4 Å². The van der Waals surface area contributed by atoms with E-state index >= 15 is 0 Å². The molecule has 1 aromatic rings. The molecule has 2 N–H and O–H groups in total. The Morgan fingerprint density at radius 1 is 1.41 bits per heavy atom. The molecule has 0 bridgehead atoms. The van der Waals surface area contributed by atoms with Crippen molar-refractivity contribution in [3.05, 3.63) is 34.9 Å². The lowest BCUT2D eigenvalue weighted by Crippen LogP contribution is -2.45. The highest BCUT2D eigenvalue weighted by Gasteiger charge is 2.24. The molecule has 1 saturated heterocycles. The summed E-state index contributed by atoms with van der Waals surface area (Å²) in [4.78, 5) is 14.3. The minimum absolute atomic E-state index is 0.0219. The number of hydrogen-bond donors (Lipinski definition) is 2. The van der Waals surface area contributed by atoms with Gasteiger partial charge in [0.25, 0.3) is 0 Å². The smallest absolute Gasteiger partial charge is 0.234 e. The summed E-state index contributed by atoms with van der Waals surface area (Å²) in [6, 6.07) is 7.48. The molecule has 1 aliphatic rings. The third-order valence-corrected chi connectivity index (χ3v) is 4.59. The van der Waals surface area contributed by atoms with E-state index in [9.17, 15) is 9.90 Å². The van der Waals surface area contributed by atoms with Crippen molar-refractivity contribution < 1.29 is 9.90 Å². The van der Waals surface area contributed by atoms with E-state index < -0.39 is 0 Å². The van der Waals surface area contributed by atoms with Crippen molar-refractivity contribution >= 4 is 17.5 Å². The first-order valence-electron chi connectivity index (χ1n) is 7.91. The molecule has 0 aliphatic carbocycles. The molecule has 5 heteroatoms. The minimum Gasteiger partial charge on any atom is -0.393 e. The molecule has 0 spiro atoms. The van der Waals surface area contributed by atoms with Crippen LogP contribution in [0.15, 0.2) is 24.3 Å². The average Bonchev–Trinajstić information content (AvgIpc) is 2.47. The number of amides is 1. The summed E-state index contributed by atoms with van der Waals surface area (Å²) in [6.07, 6.45) is 1.77. The van der Waals surface area contributed by atoms with Crippen molar-refractivity contribution in [2.45, 2.75) is 38.8 Å². The SMILES string of the molecule is CC(NC(=O)CN1CCCC(C(C)O)C1)c1ccc(Cl)cc1. The first kappa shape index (κ1) is 17.3. The lowest BCUT2D eigenvalue weighted by atomic mass is 9.93. The summed E-state index contributed by atoms with van der Waals surface area (Å²) in [6.45, 7) is 5.90. The van der Waals surface area contributed by atoms with E-state index in [2.05, 4.69) is 10.2 Å². The number of halogens is 1. The van der Waals surface area contributed by atoms with Crippen molar-refractivity contribution in [3.8, 4) is 0 Å². The molecule has 3 atom stereocenters. The zero-order chi connectivity index (χ0) is 16.1. The summed E-state index contributed by atoms with van der Waals surface area (Å²) < 4.78 is 0. The number of piperidine rings is 1. The van der Waals surface area contributed by atoms with E-state index in [4.69, 9.17) is 11.6 Å². The number of benzene rings is 1. The van der Waals surface area contributed by atoms with E-state index in [1.165, 1.54) is 0 Å². The van der Waals surface area contributed by atoms with Gasteiger partial charge in [-0.05, 0) is 56.8 Å². The van der Waals surface area contributed by atoms with Crippen LogP contribution in [-0.4, -0.2) is 41.7 Å². The molecule has 122 valence electrons. The van der Waals surface area contributed by atoms with E-state index in [-0.39, 0.29) is 24.0 Å². The van der Waals surface area contributed by atoms with Crippen LogP contribution in [0.4, 0.5) is 0 Å². The van der Waals surface area contributed by atoms with Crippen LogP contribution < -0.4 is 5.32 Å². The second-order valence-electron chi connectivity index (χ2n) is 6.22. The lowest BCUT2D eigenvalue weighted by molar-refractivity contribution is -0.123. The zero-order valence-electron chi connectivity index (χ0n) is 13.3. The van der Waals surface area contributed by atoms with Crippen LogP contribution in [0.25, 0.3) is 0 Å². The van der Waals surface area contributed by atoms with E-state index in [1.807, 2.05) is 38.1 Å². The maximum atomic E-state index is 12.2. The standard InChI is InChI=1S/C17H25ClN2O2/c1-12(14-5-7-16(18)8-6-14)19-17(22)11-20-9-3-4-15(10-20)13(2)21/h5-8,12-13,15,21H,3-4,9-11H2,1-2H3,(H,19,22). The van der Waals surface area contributed by atoms with Crippen LogP contribution in [-0.2, 0) is 4.79 Å². The number of nitrogens with one attached hydrogen (secondary N) is 1. The summed E-state index contributed by atoms with van der Waals surface area (Å²) in [5, 5.41) is 13.4. The van der Waals surface area contributed by atoms with E-state index in [1.54, 1.807) is 0 Å². The number of likely N-dealkylation sites (tertiary alicyclic amines) is 1. The molecule has 22 heavy (non-hydrogen) atoms. The largest absolute Gasteiger partial charge is 0.393 e. The fourth-order valence-electron chi connectivity index (χ4n) is 2.95. The fourth-order valence-corrected chi connectivity index (χ4v) is 3.08. The number of hydrogen-bond acceptors (Lipinski definition) is 3. The van der Waals surface area contributed by atoms with Gasteiger partial charge in [-0.25, -0.2) is 0 Å². The molecule has 0 aromatic heterocycles. The molecular weight excluding hydrogens is 300 g/mol. The molecule has 1 heterocycles. The van der Waals surface area contributed by atoms with Crippen molar-refractivity contribution in [1.82, 2.24) is 10.2 Å². The first-order valence-corrected chi connectivity index (χ1v) is 8.28. The van der Waals surface area contributed by atoms with Gasteiger partial charge in [0.15, 0.2) is 0 Å². The molecule has 1 aromatic carbocycles. The van der Waals surface area contributed by atoms with Crippen molar-refractivity contribution in [2.24, 2.45) is 5.92 Å². The van der Waals surface area contributed by atoms with Crippen molar-refractivity contribution in [3.63, 3.8) is 0 Å². The summed E-state index contributed by atoms with van der Waals surface area (Å²) in [5.74, 6) is 0.295. The molecular formula is C17H25ClN2O2. The summed E-state index contributed by atoms with van der Waals surface area (Å²) >= 11 is 5.88. The second-order valence-corrected chi connectivity index (χ2v) is 6.66. The predicted molar refractivity (Wildman–Crippen MR) is 88.9 cm³/mol. The van der Waals surface area contributed by atoms with Crippen LogP contribution >= 0.6 is 11.6 Å². The van der Waals surface area contributed by atoms with Gasteiger partial charge in [-0.15, -0.1) is 0 Å². The predicted octanol–water partition coefficient (Wildman–Crippen LogP) is 2.61. The minimum atomic E-state index is -0.307. The number of carbonyl (C=O) groups is 1. The molecule has 4 nitrogen and oxygen atoms in total. The molecule has 2 rings (SSSR count). The maximum absolute atomic E-state index is 12.2. The third kappa shape index (κ3) is 4.97. The molecule has 3 unspecified atom stereocenters. The highest BCUT2D eigenvalue weighted by atomic mass is 35.5. The normalized spacial score (nSPS) is 22.1. The van der Waals surface area contributed by atoms with Gasteiger partial charge in [-0.3, -0.25) is 9.69 Å². The Labute approximate surface area is 137 Å². The Bertz CT molecular complexity index is 490. The highest BCUT2D eigenvalue weighted by molar-refractivity contribution is 6.30. The first-order chi connectivity index (χ1) is 10.5. The number of carbonyl (C=O) groups excluding carboxylic acids is 1. The van der Waals surface area contributed by atoms with E-state index in [0.717, 1.165) is 31.5 Å². The van der Waals surface area contributed by atoms with Crippen LogP contribution in [0.2, 0.25) is 5.02 Å². The van der Waals surface area contributed by atoms with Gasteiger partial charge in [-0.2, -0.15) is 0 Å². The highest BCUT2D eigenvalue weighted by Crippen LogP contribution is 2.20. The topological polar surface area (TPSA) is 52.6 Å². The summed E-state index contributed by atoms with van der Waals surface area (Å²) in [5.41, 5.74) is 1.04. The van der Waals surface area contributed by atoms with Crippen molar-refractivity contribution in [1.29, 1.82) is 0 Å². The Morgan fingerprint density at radius 3 is 2.73 bits per heavy atom. The van der Waals surface area contributed by atoms with Gasteiger partial charge in [0.05, 0.1) is 18.7 Å². The Morgan fingerprint density at radius 2 is 2.09 bits per heavy atom. The molecule has 1 amide bonds. The van der Waals surface area contributed by atoms with Gasteiger partial charge >= 0.3 is 0 Å². The van der Waals surface area contributed by atoms with Crippen LogP contribution in [0.5, 0.6) is 0 Å². The third-order valence-electron chi connectivity index (χ3n) is 4.34. The summed E-state index contributed by atoms with van der Waals surface area (Å²) in [7, 11) is 0. The Hall–Kier alpha value is -1.10. The molecule has 0 radical (unpaired) electrons. The molecule has 1 aliphatic heterocycles. The van der Waals surface area contributed by atoms with Gasteiger partial charge in [0, 0.05) is 11.6 Å². The number of rotatable bonds is 5. The molecule has 1 fully saturated rings. The van der Waals surface area contributed by atoms with Gasteiger partial charge in [0.2, 0.25) is 5.91 Å². The Balaban J connectivity index is 1.83. The van der Waals surface area contributed by atoms with Gasteiger partial charge in [0.1, 0.15) is 0 Å². The van der Waals surface area contributed by atoms with Crippen LogP contribution in [0.1, 0.15) is 38.3 Å². The van der Waals surface area contributed by atoms with Crippen LogP contribution in [0, 0.1) is 5.92 Å². The van der Waals surface area contributed by atoms with Gasteiger partial charge in [-0.1, -0.05) is 23.7 Å². The number of nitrogens with zero attached hydrogens (tertiary/aromatic N) is 1. The average molecular weight is 325 g/mol. The van der Waals surface area contributed by atoms with Crippen molar-refractivity contribution in [2.75, 3.05) is 19.6 Å². The maximum Gasteiger partial charge on any atom is 0.234 e. The lowest BCUT2D eigenvalue weighted by Gasteiger charge is -2.33. The number of aliphatic hydroxyl groups is 1. The number of aliphatic hydroxyl groups excluding tert-OH is 1. The monoisotopic (exact) mass is 324 g/mol. The quantitative estimate of drug-likeness (QED) is 0.875. The van der Waals surface area contributed by atoms with E-state index in [0.29, 0.717) is 11.6 Å². The Kier molecular flexibility index (Phi) is 6.24. The van der Waals surface area contributed by atoms with Crippen LogP contribution in [0.3, 0.4) is 0 Å².